The standard InChI is InChI=1S/C59H98O27/c1-23-34(63)38(67)43(72)51(79-23)84-46-28(19-60)82-50(45(74)42(46)71)78-21-29-37(66)40(69)41(70)47(81-29)49(75)86-59-16-11-25(54(3,4)76)33(59)26-9-10-31-55(5)14-13-32(56(6,22-61)30(55)12-15-58(31,8)57(26,7)17-18-59)83-53-48(36(65)27(62)20-77-53)85-52-44(73)39(68)35(64)24(2)80-52/h23-48,50-53,60-74,76H,9-22H2,1-8H3/t23-,24-,25-,26+,27+,28+,29+,30+,31+,32-,33+,34-,35+,36+,37+,38+,39-,40-,41+,42+,43+,44-,45+,46+,47+,48-,50+,51-,52+,53+,55-,56-,57+,58+,59+/m0/s1. The Morgan fingerprint density at radius 2 is 1.15 bits per heavy atom. The summed E-state index contributed by atoms with van der Waals surface area (Å²) in [5.74, 6) is -1.73. The van der Waals surface area contributed by atoms with Gasteiger partial charge in [0.15, 0.2) is 31.3 Å². The lowest BCUT2D eigenvalue weighted by Gasteiger charge is -2.73. The van der Waals surface area contributed by atoms with Crippen molar-refractivity contribution in [1.29, 1.82) is 0 Å². The third kappa shape index (κ3) is 11.2. The molecule has 0 amide bonds. The molecule has 496 valence electrons. The number of carbonyl (C=O) groups is 1. The van der Waals surface area contributed by atoms with Gasteiger partial charge in [-0.1, -0.05) is 27.7 Å². The summed E-state index contributed by atoms with van der Waals surface area (Å²) in [6.07, 6.45) is -32.7. The Labute approximate surface area is 500 Å². The van der Waals surface area contributed by atoms with Gasteiger partial charge in [0.1, 0.15) is 109 Å². The van der Waals surface area contributed by atoms with Crippen molar-refractivity contribution in [3.05, 3.63) is 0 Å². The van der Waals surface area contributed by atoms with E-state index in [4.69, 9.17) is 47.4 Å². The maximum Gasteiger partial charge on any atom is 0.338 e. The highest BCUT2D eigenvalue weighted by atomic mass is 16.8. The first-order valence-corrected chi connectivity index (χ1v) is 31.1. The Balaban J connectivity index is 0.829. The summed E-state index contributed by atoms with van der Waals surface area (Å²) in [7, 11) is 0. The van der Waals surface area contributed by atoms with Crippen molar-refractivity contribution in [1.82, 2.24) is 0 Å². The third-order valence-corrected chi connectivity index (χ3v) is 23.8. The van der Waals surface area contributed by atoms with Crippen LogP contribution in [0.4, 0.5) is 0 Å². The van der Waals surface area contributed by atoms with E-state index < -0.39 is 189 Å². The van der Waals surface area contributed by atoms with E-state index in [2.05, 4.69) is 20.8 Å². The van der Waals surface area contributed by atoms with Crippen LogP contribution in [0.1, 0.15) is 120 Å². The van der Waals surface area contributed by atoms with Crippen molar-refractivity contribution in [2.24, 2.45) is 51.2 Å². The van der Waals surface area contributed by atoms with E-state index in [-0.39, 0.29) is 59.0 Å². The minimum Gasteiger partial charge on any atom is -0.457 e. The Kier molecular flexibility index (Phi) is 19.4. The second-order valence-electron chi connectivity index (χ2n) is 28.7. The van der Waals surface area contributed by atoms with Crippen molar-refractivity contribution >= 4 is 5.97 Å². The second kappa shape index (κ2) is 24.7. The van der Waals surface area contributed by atoms with Crippen molar-refractivity contribution < 1.29 is 134 Å². The molecule has 0 unspecified atom stereocenters. The van der Waals surface area contributed by atoms with Crippen LogP contribution in [0.5, 0.6) is 0 Å². The van der Waals surface area contributed by atoms with E-state index in [1.54, 1.807) is 13.8 Å². The van der Waals surface area contributed by atoms with Crippen LogP contribution in [0.15, 0.2) is 0 Å². The second-order valence-corrected chi connectivity index (χ2v) is 28.7. The van der Waals surface area contributed by atoms with Gasteiger partial charge in [0.2, 0.25) is 0 Å². The van der Waals surface area contributed by atoms with Crippen LogP contribution in [0.2, 0.25) is 0 Å². The highest BCUT2D eigenvalue weighted by molar-refractivity contribution is 5.76. The van der Waals surface area contributed by atoms with Crippen molar-refractivity contribution in [2.45, 2.75) is 284 Å². The van der Waals surface area contributed by atoms with E-state index in [0.717, 1.165) is 12.8 Å². The highest BCUT2D eigenvalue weighted by Crippen LogP contribution is 2.77. The first-order chi connectivity index (χ1) is 40.2. The van der Waals surface area contributed by atoms with Crippen LogP contribution in [0, 0.1) is 51.2 Å². The number of rotatable bonds is 14. The molecule has 0 aromatic carbocycles. The molecule has 27 nitrogen and oxygen atoms in total. The number of carbonyl (C=O) groups excluding carboxylic acids is 1. The molecule has 0 spiro atoms. The van der Waals surface area contributed by atoms with Gasteiger partial charge in [-0.05, 0) is 132 Å². The molecule has 5 saturated carbocycles. The smallest absolute Gasteiger partial charge is 0.338 e. The molecule has 5 heterocycles. The van der Waals surface area contributed by atoms with Crippen LogP contribution in [0.3, 0.4) is 0 Å². The van der Waals surface area contributed by atoms with Crippen LogP contribution in [-0.4, -0.2) is 279 Å². The third-order valence-electron chi connectivity index (χ3n) is 23.8. The molecule has 5 aliphatic heterocycles. The van der Waals surface area contributed by atoms with E-state index in [1.807, 2.05) is 6.92 Å². The van der Waals surface area contributed by atoms with E-state index in [0.29, 0.717) is 51.4 Å². The SMILES string of the molecule is C[C@@H]1O[C@@H](O[C@H]2[C@H](O)[C@@H](O)[C@H](OC[C@H]3O[C@@H](C(=O)O[C@@]45CC[C@H](C(C)(C)O)[C@@H]4[C@H]4CC[C@@H]6[C@@]7(C)CC[C@H](O[C@H]8OC[C@@H](O)[C@@H](O)[C@@H]8O[C@H]8O[C@@H](C)[C@@H](O)[C@H](O)[C@@H]8O)[C@@](C)(CO)[C@@H]7CC[C@@]6(C)[C@]4(C)CC5)[C@H](O)[C@@H](O)[C@@H]3O)O[C@@H]2CO)[C@H](O)[C@H](O)[C@H]1O. The van der Waals surface area contributed by atoms with Gasteiger partial charge in [0.05, 0.1) is 50.3 Å². The van der Waals surface area contributed by atoms with E-state index >= 15 is 0 Å². The van der Waals surface area contributed by atoms with Crippen LogP contribution < -0.4 is 0 Å². The first-order valence-electron chi connectivity index (χ1n) is 31.1. The van der Waals surface area contributed by atoms with Gasteiger partial charge in [-0.25, -0.2) is 4.79 Å². The molecule has 10 fully saturated rings. The molecule has 5 saturated heterocycles. The highest BCUT2D eigenvalue weighted by Gasteiger charge is 2.73. The number of aliphatic hydroxyl groups excluding tert-OH is 15. The Morgan fingerprint density at radius 1 is 0.547 bits per heavy atom. The number of esters is 1. The molecule has 27 heteroatoms. The van der Waals surface area contributed by atoms with Gasteiger partial charge >= 0.3 is 5.97 Å². The predicted molar refractivity (Wildman–Crippen MR) is 290 cm³/mol. The topological polar surface area (TPSA) is 433 Å². The zero-order chi connectivity index (χ0) is 62.9. The Bertz CT molecular complexity index is 2330. The molecule has 5 aliphatic carbocycles. The Hall–Kier alpha value is -1.53. The average molecular weight is 1240 g/mol. The van der Waals surface area contributed by atoms with Crippen LogP contribution in [-0.2, 0) is 52.2 Å². The lowest BCUT2D eigenvalue weighted by molar-refractivity contribution is -0.366. The summed E-state index contributed by atoms with van der Waals surface area (Å²) in [6.45, 7) is 13.4. The van der Waals surface area contributed by atoms with E-state index in [9.17, 15) is 86.5 Å². The van der Waals surface area contributed by atoms with Gasteiger partial charge in [-0.15, -0.1) is 0 Å². The average Bonchev–Trinajstić information content (AvgIpc) is 1.00. The number of fused-ring (bicyclic) bond motifs is 7. The molecule has 86 heavy (non-hydrogen) atoms. The zero-order valence-electron chi connectivity index (χ0n) is 50.4. The van der Waals surface area contributed by atoms with Gasteiger partial charge in [0, 0.05) is 11.3 Å². The molecule has 16 N–H and O–H groups in total. The molecule has 0 radical (unpaired) electrons. The molecule has 0 aromatic rings. The van der Waals surface area contributed by atoms with Crippen molar-refractivity contribution in [2.75, 3.05) is 26.4 Å². The number of ether oxygens (including phenoxy) is 10. The van der Waals surface area contributed by atoms with Crippen molar-refractivity contribution in [3.63, 3.8) is 0 Å². The summed E-state index contributed by atoms with van der Waals surface area (Å²) in [5, 5.41) is 175. The fraction of sp³-hybridized carbons (Fsp3) is 0.983. The summed E-state index contributed by atoms with van der Waals surface area (Å²) in [6, 6.07) is 0. The molecule has 35 atom stereocenters. The maximum absolute atomic E-state index is 14.8. The van der Waals surface area contributed by atoms with Gasteiger partial charge in [-0.3, -0.25) is 0 Å². The molecule has 10 aliphatic rings. The summed E-state index contributed by atoms with van der Waals surface area (Å²) in [4.78, 5) is 14.8. The van der Waals surface area contributed by atoms with Gasteiger partial charge in [0.25, 0.3) is 0 Å². The van der Waals surface area contributed by atoms with Gasteiger partial charge in [-0.2, -0.15) is 0 Å². The summed E-state index contributed by atoms with van der Waals surface area (Å²) >= 11 is 0. The first kappa shape index (κ1) is 67.4. The van der Waals surface area contributed by atoms with Crippen LogP contribution >= 0.6 is 0 Å². The summed E-state index contributed by atoms with van der Waals surface area (Å²) in [5.41, 5.74) is -4.22. The lowest BCUT2D eigenvalue weighted by Crippen LogP contribution is -2.69. The molecular formula is C59H98O27. The fourth-order valence-electron chi connectivity index (χ4n) is 18.6. The molecular weight excluding hydrogens is 1140 g/mol. The monoisotopic (exact) mass is 1240 g/mol. The largest absolute Gasteiger partial charge is 0.457 e. The molecule has 0 aromatic heterocycles. The predicted octanol–water partition coefficient (Wildman–Crippen LogP) is -3.70. The fourth-order valence-corrected chi connectivity index (χ4v) is 18.6. The lowest BCUT2D eigenvalue weighted by atomic mass is 9.32. The molecule has 10 rings (SSSR count). The zero-order valence-corrected chi connectivity index (χ0v) is 50.4. The maximum atomic E-state index is 14.8. The Morgan fingerprint density at radius 3 is 1.76 bits per heavy atom. The number of hydrogen-bond donors (Lipinski definition) is 16. The summed E-state index contributed by atoms with van der Waals surface area (Å²) < 4.78 is 59.9. The quantitative estimate of drug-likeness (QED) is 0.0588. The minimum absolute atomic E-state index is 0.0754. The van der Waals surface area contributed by atoms with Crippen LogP contribution in [0.25, 0.3) is 0 Å². The van der Waals surface area contributed by atoms with Gasteiger partial charge < -0.3 is 129 Å². The number of aliphatic hydroxyl groups is 16. The van der Waals surface area contributed by atoms with Crippen molar-refractivity contribution in [3.8, 4) is 0 Å². The van der Waals surface area contributed by atoms with E-state index in [1.165, 1.54) is 13.8 Å². The number of hydrogen-bond acceptors (Lipinski definition) is 27. The molecule has 0 bridgehead atoms. The minimum atomic E-state index is -1.97. The normalized spacial score (nSPS) is 56.0.